The van der Waals surface area contributed by atoms with Gasteiger partial charge in [0.2, 0.25) is 5.91 Å². The van der Waals surface area contributed by atoms with Crippen molar-refractivity contribution >= 4 is 28.6 Å². The summed E-state index contributed by atoms with van der Waals surface area (Å²) < 4.78 is 1.58. The highest BCUT2D eigenvalue weighted by Crippen LogP contribution is 2.22. The van der Waals surface area contributed by atoms with Gasteiger partial charge in [0.1, 0.15) is 0 Å². The molecule has 1 amide bonds. The summed E-state index contributed by atoms with van der Waals surface area (Å²) in [5.41, 5.74) is 2.42. The molecule has 3 rings (SSSR count). The summed E-state index contributed by atoms with van der Waals surface area (Å²) in [4.78, 5) is 32.0. The van der Waals surface area contributed by atoms with Crippen LogP contribution in [0, 0.1) is 11.3 Å². The summed E-state index contributed by atoms with van der Waals surface area (Å²) in [5, 5.41) is 9.74. The number of rotatable bonds is 9. The van der Waals surface area contributed by atoms with Gasteiger partial charge in [-0.25, -0.2) is 4.98 Å². The van der Waals surface area contributed by atoms with E-state index in [2.05, 4.69) is 11.9 Å². The molecule has 3 aromatic rings. The molecule has 0 spiro atoms. The molecule has 0 fully saturated rings. The van der Waals surface area contributed by atoms with E-state index in [1.807, 2.05) is 42.5 Å². The molecule has 2 aromatic carbocycles. The first kappa shape index (κ1) is 22.6. The number of benzene rings is 2. The van der Waals surface area contributed by atoms with E-state index in [1.165, 1.54) is 22.2 Å². The molecule has 160 valence electrons. The molecular weight excluding hydrogens is 408 g/mol. The Labute approximate surface area is 186 Å². The van der Waals surface area contributed by atoms with E-state index >= 15 is 0 Å². The molecule has 1 heterocycles. The number of aryl methyl sites for hydroxylation is 1. The fourth-order valence-electron chi connectivity index (χ4n) is 3.21. The number of thioether (sulfide) groups is 1. The molecule has 7 heteroatoms. The number of hydrogen-bond donors (Lipinski definition) is 0. The van der Waals surface area contributed by atoms with Crippen molar-refractivity contribution in [2.24, 2.45) is 0 Å². The van der Waals surface area contributed by atoms with Crippen LogP contribution in [0.3, 0.4) is 0 Å². The topological polar surface area (TPSA) is 79.0 Å². The molecule has 0 saturated carbocycles. The van der Waals surface area contributed by atoms with Crippen LogP contribution in [0.5, 0.6) is 0 Å². The fraction of sp³-hybridized carbons (Fsp3) is 0.333. The summed E-state index contributed by atoms with van der Waals surface area (Å²) in [5.74, 6) is 0.0329. The number of aromatic nitrogens is 2. The SMILES string of the molecule is CCCCc1ccc(-n2c(SCC(=O)N(C)CCC#N)nc3ccccc3c2=O)cc1. The predicted molar refractivity (Wildman–Crippen MR) is 125 cm³/mol. The average molecular weight is 435 g/mol. The maximum atomic E-state index is 13.3. The summed E-state index contributed by atoms with van der Waals surface area (Å²) in [7, 11) is 1.68. The van der Waals surface area contributed by atoms with Gasteiger partial charge < -0.3 is 4.90 Å². The Morgan fingerprint density at radius 2 is 1.94 bits per heavy atom. The lowest BCUT2D eigenvalue weighted by Crippen LogP contribution is -2.29. The van der Waals surface area contributed by atoms with Gasteiger partial charge >= 0.3 is 0 Å². The lowest BCUT2D eigenvalue weighted by atomic mass is 10.1. The lowest BCUT2D eigenvalue weighted by molar-refractivity contribution is -0.127. The van der Waals surface area contributed by atoms with Gasteiger partial charge in [-0.15, -0.1) is 0 Å². The van der Waals surface area contributed by atoms with Gasteiger partial charge in [-0.3, -0.25) is 14.2 Å². The van der Waals surface area contributed by atoms with E-state index in [1.54, 1.807) is 23.7 Å². The van der Waals surface area contributed by atoms with E-state index in [0.29, 0.717) is 22.6 Å². The zero-order chi connectivity index (χ0) is 22.2. The number of unbranched alkanes of at least 4 members (excludes halogenated alkanes) is 1. The van der Waals surface area contributed by atoms with E-state index in [9.17, 15) is 9.59 Å². The van der Waals surface area contributed by atoms with Crippen LogP contribution >= 0.6 is 11.8 Å². The minimum atomic E-state index is -0.153. The summed E-state index contributed by atoms with van der Waals surface area (Å²) >= 11 is 1.24. The van der Waals surface area contributed by atoms with Crippen molar-refractivity contribution in [1.82, 2.24) is 14.5 Å². The Morgan fingerprint density at radius 1 is 1.19 bits per heavy atom. The first-order valence-corrected chi connectivity index (χ1v) is 11.4. The minimum absolute atomic E-state index is 0.107. The zero-order valence-corrected chi connectivity index (χ0v) is 18.7. The van der Waals surface area contributed by atoms with Gasteiger partial charge in [-0.2, -0.15) is 5.26 Å². The highest BCUT2D eigenvalue weighted by Gasteiger charge is 2.16. The monoisotopic (exact) mass is 434 g/mol. The molecule has 0 atom stereocenters. The van der Waals surface area contributed by atoms with Crippen molar-refractivity contribution in [2.45, 2.75) is 37.8 Å². The Morgan fingerprint density at radius 3 is 2.65 bits per heavy atom. The van der Waals surface area contributed by atoms with E-state index in [-0.39, 0.29) is 23.6 Å². The standard InChI is InChI=1S/C24H26N4O2S/c1-3-4-8-18-11-13-19(14-12-18)28-23(30)20-9-5-6-10-21(20)26-24(28)31-17-22(29)27(2)16-7-15-25/h5-6,9-14H,3-4,7-8,16-17H2,1-2H3. The van der Waals surface area contributed by atoms with Crippen LogP contribution < -0.4 is 5.56 Å². The fourth-order valence-corrected chi connectivity index (χ4v) is 4.16. The summed E-state index contributed by atoms with van der Waals surface area (Å²) in [6.07, 6.45) is 3.55. The van der Waals surface area contributed by atoms with Crippen LogP contribution in [-0.4, -0.2) is 39.7 Å². The van der Waals surface area contributed by atoms with Crippen molar-refractivity contribution < 1.29 is 4.79 Å². The molecule has 0 unspecified atom stereocenters. The van der Waals surface area contributed by atoms with E-state index in [0.717, 1.165) is 24.9 Å². The van der Waals surface area contributed by atoms with Crippen molar-refractivity contribution in [2.75, 3.05) is 19.3 Å². The normalized spacial score (nSPS) is 10.7. The first-order chi connectivity index (χ1) is 15.0. The third-order valence-electron chi connectivity index (χ3n) is 5.07. The zero-order valence-electron chi connectivity index (χ0n) is 17.9. The summed E-state index contributed by atoms with van der Waals surface area (Å²) in [6.45, 7) is 2.55. The van der Waals surface area contributed by atoms with Gasteiger partial charge in [0.25, 0.3) is 5.56 Å². The van der Waals surface area contributed by atoms with Crippen molar-refractivity contribution in [3.8, 4) is 11.8 Å². The maximum Gasteiger partial charge on any atom is 0.266 e. The number of fused-ring (bicyclic) bond motifs is 1. The number of carbonyl (C=O) groups is 1. The third kappa shape index (κ3) is 5.53. The Kier molecular flexibility index (Phi) is 7.85. The minimum Gasteiger partial charge on any atom is -0.344 e. The van der Waals surface area contributed by atoms with E-state index in [4.69, 9.17) is 5.26 Å². The molecule has 0 aliphatic carbocycles. The molecule has 0 aliphatic rings. The molecule has 31 heavy (non-hydrogen) atoms. The number of amides is 1. The molecule has 0 N–H and O–H groups in total. The Balaban J connectivity index is 1.95. The quantitative estimate of drug-likeness (QED) is 0.373. The number of para-hydroxylation sites is 1. The first-order valence-electron chi connectivity index (χ1n) is 10.4. The van der Waals surface area contributed by atoms with Crippen LogP contribution in [0.25, 0.3) is 16.6 Å². The van der Waals surface area contributed by atoms with Gasteiger partial charge in [0.15, 0.2) is 5.16 Å². The second kappa shape index (κ2) is 10.8. The van der Waals surface area contributed by atoms with Crippen LogP contribution in [-0.2, 0) is 11.2 Å². The number of nitriles is 1. The predicted octanol–water partition coefficient (Wildman–Crippen LogP) is 4.19. The van der Waals surface area contributed by atoms with Crippen LogP contribution in [0.1, 0.15) is 31.7 Å². The molecule has 0 saturated heterocycles. The second-order valence-corrected chi connectivity index (χ2v) is 8.28. The largest absolute Gasteiger partial charge is 0.344 e. The Hall–Kier alpha value is -3.11. The van der Waals surface area contributed by atoms with Crippen LogP contribution in [0.4, 0.5) is 0 Å². The third-order valence-corrected chi connectivity index (χ3v) is 5.99. The van der Waals surface area contributed by atoms with Gasteiger partial charge in [-0.05, 0) is 42.7 Å². The molecule has 0 aliphatic heterocycles. The van der Waals surface area contributed by atoms with Gasteiger partial charge in [0.05, 0.1) is 34.8 Å². The van der Waals surface area contributed by atoms with Crippen molar-refractivity contribution in [3.63, 3.8) is 0 Å². The second-order valence-electron chi connectivity index (χ2n) is 7.33. The van der Waals surface area contributed by atoms with E-state index < -0.39 is 0 Å². The molecule has 0 radical (unpaired) electrons. The highest BCUT2D eigenvalue weighted by molar-refractivity contribution is 7.99. The van der Waals surface area contributed by atoms with Crippen molar-refractivity contribution in [3.05, 3.63) is 64.4 Å². The van der Waals surface area contributed by atoms with Crippen molar-refractivity contribution in [1.29, 1.82) is 5.26 Å². The molecular formula is C24H26N4O2S. The Bertz CT molecular complexity index is 1150. The van der Waals surface area contributed by atoms with Gasteiger partial charge in [-0.1, -0.05) is 49.4 Å². The number of nitrogens with zero attached hydrogens (tertiary/aromatic N) is 4. The number of carbonyl (C=O) groups excluding carboxylic acids is 1. The smallest absolute Gasteiger partial charge is 0.266 e. The van der Waals surface area contributed by atoms with Gasteiger partial charge in [0, 0.05) is 13.6 Å². The molecule has 6 nitrogen and oxygen atoms in total. The summed E-state index contributed by atoms with van der Waals surface area (Å²) in [6, 6.07) is 17.3. The lowest BCUT2D eigenvalue weighted by Gasteiger charge is -2.17. The maximum absolute atomic E-state index is 13.3. The average Bonchev–Trinajstić information content (AvgIpc) is 2.80. The highest BCUT2D eigenvalue weighted by atomic mass is 32.2. The number of hydrogen-bond acceptors (Lipinski definition) is 5. The van der Waals surface area contributed by atoms with Crippen LogP contribution in [0.15, 0.2) is 58.5 Å². The molecule has 0 bridgehead atoms. The van der Waals surface area contributed by atoms with Crippen LogP contribution in [0.2, 0.25) is 0 Å². The molecule has 1 aromatic heterocycles.